The van der Waals surface area contributed by atoms with Crippen LogP contribution < -0.4 is 0 Å². The van der Waals surface area contributed by atoms with Crippen molar-refractivity contribution in [3.8, 4) is 0 Å². The van der Waals surface area contributed by atoms with Crippen LogP contribution in [0.4, 0.5) is 0 Å². The summed E-state index contributed by atoms with van der Waals surface area (Å²) in [6, 6.07) is 30.7. The molecule has 0 bridgehead atoms. The second-order valence-electron chi connectivity index (χ2n) is 19.4. The van der Waals surface area contributed by atoms with E-state index in [9.17, 15) is 19.8 Å². The standard InChI is InChI=1S/C56H86O4/c1-7-9-11-13-15-17-19-21-23-31-43-55(45-41-51(57)58,49-33-27-25-28-34-49)53(3,4)47-37-39-48(40-38-47)54(5,6)56(46-42-52(59)60,50-35-29-26-30-36-50)44-32-24-22-20-18-16-14-12-10-8-2/h25-30,33-40H,7-24,31-32,41-46H2,1-6H3,(H,57,58)(H,59,60). The first-order chi connectivity index (χ1) is 28.9. The van der Waals surface area contributed by atoms with Gasteiger partial charge < -0.3 is 10.2 Å². The van der Waals surface area contributed by atoms with E-state index >= 15 is 0 Å². The summed E-state index contributed by atoms with van der Waals surface area (Å²) in [5.41, 5.74) is 3.43. The van der Waals surface area contributed by atoms with Gasteiger partial charge in [0, 0.05) is 23.7 Å². The van der Waals surface area contributed by atoms with Crippen molar-refractivity contribution in [1.82, 2.24) is 0 Å². The Morgan fingerprint density at radius 3 is 0.900 bits per heavy atom. The van der Waals surface area contributed by atoms with Crippen LogP contribution >= 0.6 is 0 Å². The molecule has 0 aromatic heterocycles. The molecule has 4 heteroatoms. The Labute approximate surface area is 367 Å². The van der Waals surface area contributed by atoms with Gasteiger partial charge >= 0.3 is 11.9 Å². The maximum atomic E-state index is 12.3. The highest BCUT2D eigenvalue weighted by Gasteiger charge is 2.49. The number of unbranched alkanes of at least 4 members (excludes halogenated alkanes) is 18. The van der Waals surface area contributed by atoms with Crippen molar-refractivity contribution < 1.29 is 19.8 Å². The van der Waals surface area contributed by atoms with Crippen molar-refractivity contribution >= 4 is 11.9 Å². The van der Waals surface area contributed by atoms with Crippen LogP contribution in [0.2, 0.25) is 0 Å². The van der Waals surface area contributed by atoms with E-state index in [1.54, 1.807) is 0 Å². The minimum atomic E-state index is -0.743. The normalized spacial score (nSPS) is 14.1. The second kappa shape index (κ2) is 26.8. The Morgan fingerprint density at radius 2 is 0.633 bits per heavy atom. The van der Waals surface area contributed by atoms with E-state index < -0.39 is 11.9 Å². The van der Waals surface area contributed by atoms with Crippen molar-refractivity contribution in [3.63, 3.8) is 0 Å². The van der Waals surface area contributed by atoms with Crippen LogP contribution in [0.25, 0.3) is 0 Å². The van der Waals surface area contributed by atoms with Gasteiger partial charge in [-0.05, 0) is 58.8 Å². The molecule has 60 heavy (non-hydrogen) atoms. The summed E-state index contributed by atoms with van der Waals surface area (Å²) in [5, 5.41) is 20.2. The summed E-state index contributed by atoms with van der Waals surface area (Å²) in [5.74, 6) is -1.49. The Balaban J connectivity index is 1.94. The summed E-state index contributed by atoms with van der Waals surface area (Å²) >= 11 is 0. The van der Waals surface area contributed by atoms with Crippen LogP contribution in [0.5, 0.6) is 0 Å². The average molecular weight is 823 g/mol. The smallest absolute Gasteiger partial charge is 0.303 e. The fraction of sp³-hybridized carbons (Fsp3) is 0.643. The summed E-state index contributed by atoms with van der Waals surface area (Å²) in [6.45, 7) is 13.9. The maximum Gasteiger partial charge on any atom is 0.303 e. The lowest BCUT2D eigenvalue weighted by atomic mass is 9.53. The fourth-order valence-corrected chi connectivity index (χ4v) is 10.6. The van der Waals surface area contributed by atoms with Crippen LogP contribution in [0.1, 0.15) is 231 Å². The Bertz CT molecular complexity index is 1470. The molecule has 4 nitrogen and oxygen atoms in total. The Hall–Kier alpha value is -3.40. The van der Waals surface area contributed by atoms with Crippen LogP contribution in [0.15, 0.2) is 84.9 Å². The van der Waals surface area contributed by atoms with Crippen molar-refractivity contribution in [2.45, 2.75) is 230 Å². The fourth-order valence-electron chi connectivity index (χ4n) is 10.6. The molecule has 0 fully saturated rings. The number of hydrogen-bond donors (Lipinski definition) is 2. The number of carboxylic acids is 2. The van der Waals surface area contributed by atoms with Gasteiger partial charge in [0.25, 0.3) is 0 Å². The molecule has 334 valence electrons. The highest BCUT2D eigenvalue weighted by Crippen LogP contribution is 2.53. The Morgan fingerprint density at radius 1 is 0.367 bits per heavy atom. The van der Waals surface area contributed by atoms with Gasteiger partial charge in [-0.3, -0.25) is 9.59 Å². The zero-order valence-electron chi connectivity index (χ0n) is 39.2. The lowest BCUT2D eigenvalue weighted by Crippen LogP contribution is -2.47. The molecule has 0 saturated carbocycles. The third kappa shape index (κ3) is 14.9. The van der Waals surface area contributed by atoms with Crippen molar-refractivity contribution in [1.29, 1.82) is 0 Å². The van der Waals surface area contributed by atoms with Gasteiger partial charge in [0.05, 0.1) is 0 Å². The van der Waals surface area contributed by atoms with Gasteiger partial charge in [-0.15, -0.1) is 0 Å². The van der Waals surface area contributed by atoms with E-state index in [0.29, 0.717) is 12.8 Å². The number of aliphatic carboxylic acids is 2. The zero-order chi connectivity index (χ0) is 43.7. The molecule has 0 radical (unpaired) electrons. The van der Waals surface area contributed by atoms with Crippen molar-refractivity contribution in [2.75, 3.05) is 0 Å². The van der Waals surface area contributed by atoms with Crippen LogP contribution in [-0.4, -0.2) is 22.2 Å². The molecule has 3 aromatic carbocycles. The van der Waals surface area contributed by atoms with Gasteiger partial charge in [0.15, 0.2) is 0 Å². The molecule has 0 amide bonds. The molecule has 0 saturated heterocycles. The molecule has 2 N–H and O–H groups in total. The lowest BCUT2D eigenvalue weighted by Gasteiger charge is -2.50. The highest BCUT2D eigenvalue weighted by molar-refractivity contribution is 5.67. The van der Waals surface area contributed by atoms with Gasteiger partial charge in [0.1, 0.15) is 0 Å². The molecule has 3 aromatic rings. The summed E-state index contributed by atoms with van der Waals surface area (Å²) in [7, 11) is 0. The van der Waals surface area contributed by atoms with E-state index in [2.05, 4.69) is 126 Å². The number of carbonyl (C=O) groups is 2. The van der Waals surface area contributed by atoms with Crippen molar-refractivity contribution in [2.24, 2.45) is 0 Å². The van der Waals surface area contributed by atoms with Crippen LogP contribution in [0, 0.1) is 0 Å². The number of benzene rings is 3. The first-order valence-electron chi connectivity index (χ1n) is 24.5. The first-order valence-corrected chi connectivity index (χ1v) is 24.5. The van der Waals surface area contributed by atoms with Gasteiger partial charge in [-0.2, -0.15) is 0 Å². The van der Waals surface area contributed by atoms with Crippen LogP contribution in [-0.2, 0) is 31.2 Å². The van der Waals surface area contributed by atoms with Gasteiger partial charge in [0.2, 0.25) is 0 Å². The molecule has 3 rings (SSSR count). The van der Waals surface area contributed by atoms with E-state index in [0.717, 1.165) is 38.5 Å². The van der Waals surface area contributed by atoms with Gasteiger partial charge in [-0.25, -0.2) is 0 Å². The molecular weight excluding hydrogens is 737 g/mol. The monoisotopic (exact) mass is 823 g/mol. The van der Waals surface area contributed by atoms with Gasteiger partial charge in [-0.1, -0.05) is 255 Å². The van der Waals surface area contributed by atoms with Crippen LogP contribution in [0.3, 0.4) is 0 Å². The third-order valence-electron chi connectivity index (χ3n) is 14.8. The zero-order valence-corrected chi connectivity index (χ0v) is 39.2. The summed E-state index contributed by atoms with van der Waals surface area (Å²) < 4.78 is 0. The summed E-state index contributed by atoms with van der Waals surface area (Å²) in [4.78, 5) is 24.6. The molecular formula is C56H86O4. The first kappa shape index (κ1) is 51.0. The predicted molar refractivity (Wildman–Crippen MR) is 255 cm³/mol. The number of rotatable bonds is 34. The van der Waals surface area contributed by atoms with E-state index in [-0.39, 0.29) is 34.5 Å². The molecule has 0 aliphatic rings. The largest absolute Gasteiger partial charge is 0.481 e. The molecule has 0 aliphatic heterocycles. The number of hydrogen-bond acceptors (Lipinski definition) is 2. The number of carboxylic acid groups (broad SMARTS) is 2. The minimum Gasteiger partial charge on any atom is -0.481 e. The SMILES string of the molecule is CCCCCCCCCCCCC(CCC(=O)O)(c1ccccc1)C(C)(C)c1ccc(C(C)(C)C(CCCCCCCCCCCC)(CCC(=O)O)c2ccccc2)cc1. The lowest BCUT2D eigenvalue weighted by molar-refractivity contribution is -0.138. The topological polar surface area (TPSA) is 74.6 Å². The highest BCUT2D eigenvalue weighted by atomic mass is 16.4. The molecule has 0 heterocycles. The van der Waals surface area contributed by atoms with E-state index in [1.807, 2.05) is 0 Å². The molecule has 0 spiro atoms. The summed E-state index contributed by atoms with van der Waals surface area (Å²) in [6.07, 6.45) is 28.7. The molecule has 0 aliphatic carbocycles. The second-order valence-corrected chi connectivity index (χ2v) is 19.4. The maximum absolute atomic E-state index is 12.3. The van der Waals surface area contributed by atoms with Crippen molar-refractivity contribution in [3.05, 3.63) is 107 Å². The van der Waals surface area contributed by atoms with E-state index in [4.69, 9.17) is 0 Å². The van der Waals surface area contributed by atoms with E-state index in [1.165, 1.54) is 125 Å². The Kier molecular flexibility index (Phi) is 22.8. The quantitative estimate of drug-likeness (QED) is 0.0588. The average Bonchev–Trinajstić information content (AvgIpc) is 3.24. The molecule has 2 atom stereocenters. The minimum absolute atomic E-state index is 0.128. The molecule has 2 unspecified atom stereocenters. The third-order valence-corrected chi connectivity index (χ3v) is 14.8. The predicted octanol–water partition coefficient (Wildman–Crippen LogP) is 16.5.